The molecular formula is C11H20N2O4. The lowest BCUT2D eigenvalue weighted by Crippen LogP contribution is -2.51. The smallest absolute Gasteiger partial charge is 0.336 e. The van der Waals surface area contributed by atoms with E-state index in [1.807, 2.05) is 0 Å². The summed E-state index contributed by atoms with van der Waals surface area (Å²) >= 11 is 0. The van der Waals surface area contributed by atoms with Gasteiger partial charge in [-0.1, -0.05) is 12.8 Å². The lowest BCUT2D eigenvalue weighted by atomic mass is 10.0. The van der Waals surface area contributed by atoms with Crippen LogP contribution in [0.15, 0.2) is 0 Å². The average molecular weight is 244 g/mol. The number of hydrogen-bond acceptors (Lipinski definition) is 4. The van der Waals surface area contributed by atoms with Crippen LogP contribution in [0.2, 0.25) is 0 Å². The largest absolute Gasteiger partial charge is 0.479 e. The second kappa shape index (κ2) is 5.46. The highest BCUT2D eigenvalue weighted by Crippen LogP contribution is 2.24. The Balaban J connectivity index is 2.69. The molecule has 0 aromatic rings. The summed E-state index contributed by atoms with van der Waals surface area (Å²) in [6.07, 6.45) is 3.97. The zero-order valence-corrected chi connectivity index (χ0v) is 10.1. The van der Waals surface area contributed by atoms with Crippen LogP contribution in [0, 0.1) is 0 Å². The highest BCUT2D eigenvalue weighted by atomic mass is 16.4. The summed E-state index contributed by atoms with van der Waals surface area (Å²) in [6, 6.07) is 0.147. The molecule has 1 aliphatic rings. The number of carboxylic acids is 1. The molecule has 0 spiro atoms. The van der Waals surface area contributed by atoms with Gasteiger partial charge in [0.05, 0.1) is 6.54 Å². The number of hydrogen-bond donors (Lipinski definition) is 3. The molecule has 1 aliphatic carbocycles. The van der Waals surface area contributed by atoms with Gasteiger partial charge >= 0.3 is 5.97 Å². The Bertz CT molecular complexity index is 298. The third kappa shape index (κ3) is 3.98. The first-order chi connectivity index (χ1) is 7.83. The highest BCUT2D eigenvalue weighted by Gasteiger charge is 2.35. The Morgan fingerprint density at radius 1 is 1.41 bits per heavy atom. The van der Waals surface area contributed by atoms with E-state index in [1.165, 1.54) is 6.92 Å². The van der Waals surface area contributed by atoms with E-state index in [4.69, 9.17) is 10.8 Å². The number of nitrogens with two attached hydrogens (primary N) is 1. The predicted octanol–water partition coefficient (Wildman–Crippen LogP) is -0.448. The summed E-state index contributed by atoms with van der Waals surface area (Å²) in [7, 11) is 0. The van der Waals surface area contributed by atoms with Crippen LogP contribution < -0.4 is 5.73 Å². The molecule has 17 heavy (non-hydrogen) atoms. The topological polar surface area (TPSA) is 104 Å². The molecule has 0 aromatic heterocycles. The van der Waals surface area contributed by atoms with Crippen molar-refractivity contribution in [3.8, 4) is 0 Å². The van der Waals surface area contributed by atoms with E-state index in [1.54, 1.807) is 4.90 Å². The van der Waals surface area contributed by atoms with Gasteiger partial charge < -0.3 is 15.9 Å². The molecule has 1 rings (SSSR count). The SMILES string of the molecule is CC(O)(CN(CC(N)=O)C1CCCC1)C(=O)O. The summed E-state index contributed by atoms with van der Waals surface area (Å²) in [4.78, 5) is 23.5. The fourth-order valence-electron chi connectivity index (χ4n) is 2.25. The summed E-state index contributed by atoms with van der Waals surface area (Å²) in [6.45, 7) is 1.16. The van der Waals surface area contributed by atoms with Gasteiger partial charge in [-0.2, -0.15) is 0 Å². The van der Waals surface area contributed by atoms with E-state index in [2.05, 4.69) is 0 Å². The quantitative estimate of drug-likeness (QED) is 0.587. The minimum absolute atomic E-state index is 0.00586. The van der Waals surface area contributed by atoms with E-state index in [-0.39, 0.29) is 19.1 Å². The maximum absolute atomic E-state index is 11.0. The van der Waals surface area contributed by atoms with Crippen molar-refractivity contribution >= 4 is 11.9 Å². The summed E-state index contributed by atoms with van der Waals surface area (Å²) in [5, 5.41) is 18.6. The highest BCUT2D eigenvalue weighted by molar-refractivity contribution is 5.78. The van der Waals surface area contributed by atoms with Gasteiger partial charge in [-0.25, -0.2) is 4.79 Å². The van der Waals surface area contributed by atoms with Crippen molar-refractivity contribution in [1.82, 2.24) is 4.90 Å². The number of carbonyl (C=O) groups excluding carboxylic acids is 1. The fraction of sp³-hybridized carbons (Fsp3) is 0.818. The Hall–Kier alpha value is -1.14. The van der Waals surface area contributed by atoms with Crippen molar-refractivity contribution in [1.29, 1.82) is 0 Å². The summed E-state index contributed by atoms with van der Waals surface area (Å²) in [5.74, 6) is -1.79. The molecule has 0 saturated heterocycles. The minimum Gasteiger partial charge on any atom is -0.479 e. The van der Waals surface area contributed by atoms with Crippen LogP contribution in [0.1, 0.15) is 32.6 Å². The number of amides is 1. The molecule has 6 heteroatoms. The van der Waals surface area contributed by atoms with Crippen LogP contribution in [0.4, 0.5) is 0 Å². The molecule has 0 aliphatic heterocycles. The van der Waals surface area contributed by atoms with Crippen LogP contribution in [-0.2, 0) is 9.59 Å². The monoisotopic (exact) mass is 244 g/mol. The molecular weight excluding hydrogens is 224 g/mol. The molecule has 4 N–H and O–H groups in total. The van der Waals surface area contributed by atoms with Gasteiger partial charge in [0, 0.05) is 12.6 Å². The van der Waals surface area contributed by atoms with E-state index in [0.29, 0.717) is 0 Å². The second-order valence-corrected chi connectivity index (χ2v) is 4.89. The molecule has 0 bridgehead atoms. The maximum atomic E-state index is 11.0. The van der Waals surface area contributed by atoms with Crippen LogP contribution in [-0.4, -0.2) is 51.7 Å². The Kier molecular flexibility index (Phi) is 4.47. The summed E-state index contributed by atoms with van der Waals surface area (Å²) in [5.41, 5.74) is 3.30. The van der Waals surface area contributed by atoms with Crippen molar-refractivity contribution < 1.29 is 19.8 Å². The molecule has 0 aromatic carbocycles. The molecule has 1 unspecified atom stereocenters. The van der Waals surface area contributed by atoms with Crippen molar-refractivity contribution in [2.24, 2.45) is 5.73 Å². The molecule has 6 nitrogen and oxygen atoms in total. The number of aliphatic carboxylic acids is 1. The standard InChI is InChI=1S/C11H20N2O4/c1-11(17,10(15)16)7-13(6-9(12)14)8-4-2-3-5-8/h8,17H,2-7H2,1H3,(H2,12,14)(H,15,16). The third-order valence-corrected chi connectivity index (χ3v) is 3.17. The number of rotatable bonds is 6. The molecule has 98 valence electrons. The number of carboxylic acid groups (broad SMARTS) is 1. The first-order valence-corrected chi connectivity index (χ1v) is 5.81. The first kappa shape index (κ1) is 13.9. The van der Waals surface area contributed by atoms with E-state index in [0.717, 1.165) is 25.7 Å². The Morgan fingerprint density at radius 2 is 1.94 bits per heavy atom. The number of carbonyl (C=O) groups is 2. The number of primary amides is 1. The Labute approximate surface area is 100 Å². The van der Waals surface area contributed by atoms with E-state index >= 15 is 0 Å². The molecule has 0 heterocycles. The van der Waals surface area contributed by atoms with Crippen molar-refractivity contribution in [2.75, 3.05) is 13.1 Å². The summed E-state index contributed by atoms with van der Waals surface area (Å²) < 4.78 is 0. The lowest BCUT2D eigenvalue weighted by Gasteiger charge is -2.32. The van der Waals surface area contributed by atoms with Gasteiger partial charge in [0.25, 0.3) is 0 Å². The predicted molar refractivity (Wildman–Crippen MR) is 61.3 cm³/mol. The van der Waals surface area contributed by atoms with Gasteiger partial charge in [0.1, 0.15) is 0 Å². The second-order valence-electron chi connectivity index (χ2n) is 4.89. The third-order valence-electron chi connectivity index (χ3n) is 3.17. The fourth-order valence-corrected chi connectivity index (χ4v) is 2.25. The average Bonchev–Trinajstić information content (AvgIpc) is 2.67. The van der Waals surface area contributed by atoms with Gasteiger partial charge in [-0.3, -0.25) is 9.69 Å². The van der Waals surface area contributed by atoms with Crippen LogP contribution >= 0.6 is 0 Å². The van der Waals surface area contributed by atoms with Gasteiger partial charge in [0.15, 0.2) is 5.60 Å². The zero-order chi connectivity index (χ0) is 13.1. The molecule has 1 amide bonds. The van der Waals surface area contributed by atoms with Crippen LogP contribution in [0.25, 0.3) is 0 Å². The molecule has 1 fully saturated rings. The molecule has 1 saturated carbocycles. The minimum atomic E-state index is -1.85. The van der Waals surface area contributed by atoms with Crippen molar-refractivity contribution in [2.45, 2.75) is 44.2 Å². The van der Waals surface area contributed by atoms with Crippen molar-refractivity contribution in [3.05, 3.63) is 0 Å². The number of nitrogens with zero attached hydrogens (tertiary/aromatic N) is 1. The Morgan fingerprint density at radius 3 is 2.35 bits per heavy atom. The van der Waals surface area contributed by atoms with Gasteiger partial charge in [-0.05, 0) is 19.8 Å². The zero-order valence-electron chi connectivity index (χ0n) is 10.1. The van der Waals surface area contributed by atoms with Gasteiger partial charge in [0.2, 0.25) is 5.91 Å². The maximum Gasteiger partial charge on any atom is 0.336 e. The van der Waals surface area contributed by atoms with Crippen LogP contribution in [0.5, 0.6) is 0 Å². The molecule has 1 atom stereocenters. The van der Waals surface area contributed by atoms with E-state index < -0.39 is 17.5 Å². The number of aliphatic hydroxyl groups is 1. The lowest BCUT2D eigenvalue weighted by molar-refractivity contribution is -0.159. The molecule has 0 radical (unpaired) electrons. The van der Waals surface area contributed by atoms with Crippen LogP contribution in [0.3, 0.4) is 0 Å². The van der Waals surface area contributed by atoms with E-state index in [9.17, 15) is 14.7 Å². The van der Waals surface area contributed by atoms with Gasteiger partial charge in [-0.15, -0.1) is 0 Å². The normalized spacial score (nSPS) is 20.4. The van der Waals surface area contributed by atoms with Crippen molar-refractivity contribution in [3.63, 3.8) is 0 Å². The first-order valence-electron chi connectivity index (χ1n) is 5.81.